The van der Waals surface area contributed by atoms with E-state index in [1.54, 1.807) is 0 Å². The smallest absolute Gasteiger partial charge is 0.375 e. The van der Waals surface area contributed by atoms with Crippen LogP contribution >= 0.6 is 0 Å². The first-order valence-corrected chi connectivity index (χ1v) is 6.61. The molecule has 1 amide bonds. The second-order valence-electron chi connectivity index (χ2n) is 5.08. The molecule has 1 rings (SSSR count). The Labute approximate surface area is 129 Å². The average molecular weight is 343 g/mol. The minimum absolute atomic E-state index is 0.750. The fourth-order valence-electron chi connectivity index (χ4n) is 2.24. The van der Waals surface area contributed by atoms with Crippen molar-refractivity contribution in [2.24, 2.45) is 0 Å². The number of alkyl halides is 2. The van der Waals surface area contributed by atoms with Crippen LogP contribution < -0.4 is 5.32 Å². The lowest BCUT2D eigenvalue weighted by Crippen LogP contribution is -2.71. The monoisotopic (exact) mass is 343 g/mol. The molecule has 1 saturated heterocycles. The van der Waals surface area contributed by atoms with E-state index in [1.165, 1.54) is 0 Å². The normalized spacial score (nSPS) is 36.9. The Morgan fingerprint density at radius 2 is 2.00 bits per heavy atom. The van der Waals surface area contributed by atoms with Gasteiger partial charge in [0.2, 0.25) is 5.91 Å². The number of amides is 1. The summed E-state index contributed by atoms with van der Waals surface area (Å²) in [6.07, 6.45) is -11.1. The predicted molar refractivity (Wildman–Crippen MR) is 68.3 cm³/mol. The number of carbonyl (C=O) groups is 2. The third kappa shape index (κ3) is 3.75. The molecule has 1 heterocycles. The molecule has 134 valence electrons. The number of ether oxygens (including phenoxy) is 2. The maximum atomic E-state index is 14.5. The highest BCUT2D eigenvalue weighted by molar-refractivity contribution is 5.79. The molecule has 1 aliphatic heterocycles. The standard InChI is InChI=1S/C12H19F2NO8/c1-4(17)15-6-8(20)10(13)12(14,11(21)22-2)23-9(6)7(19)5(18)3-16/h5-10,16,18-20H,3H2,1-2H3,(H,15,17)/t5-,6-,7-,8-,9?,10-,12-/m1/s1. The molecule has 0 aromatic heterocycles. The Morgan fingerprint density at radius 1 is 1.43 bits per heavy atom. The molecule has 9 nitrogen and oxygen atoms in total. The number of hydrogen-bond acceptors (Lipinski definition) is 8. The Hall–Kier alpha value is -1.40. The Bertz CT molecular complexity index is 453. The molecule has 1 aliphatic rings. The van der Waals surface area contributed by atoms with Crippen molar-refractivity contribution < 1.29 is 48.3 Å². The molecule has 0 saturated carbocycles. The molecule has 1 fully saturated rings. The van der Waals surface area contributed by atoms with Gasteiger partial charge >= 0.3 is 11.8 Å². The van der Waals surface area contributed by atoms with Gasteiger partial charge in [0.1, 0.15) is 24.4 Å². The number of aliphatic hydroxyl groups excluding tert-OH is 4. The number of methoxy groups -OCH3 is 1. The summed E-state index contributed by atoms with van der Waals surface area (Å²) in [6, 6.07) is -1.69. The zero-order chi connectivity index (χ0) is 17.9. The van der Waals surface area contributed by atoms with E-state index in [9.17, 15) is 33.7 Å². The van der Waals surface area contributed by atoms with Gasteiger partial charge in [0.05, 0.1) is 19.8 Å². The predicted octanol–water partition coefficient (Wildman–Crippen LogP) is -2.86. The third-order valence-corrected chi connectivity index (χ3v) is 3.44. The molecule has 1 unspecified atom stereocenters. The van der Waals surface area contributed by atoms with Gasteiger partial charge in [-0.05, 0) is 0 Å². The summed E-state index contributed by atoms with van der Waals surface area (Å²) in [5.41, 5.74) is 0. The minimum atomic E-state index is -3.76. The van der Waals surface area contributed by atoms with Crippen molar-refractivity contribution in [3.8, 4) is 0 Å². The van der Waals surface area contributed by atoms with Crippen LogP contribution in [0.4, 0.5) is 8.78 Å². The second-order valence-corrected chi connectivity index (χ2v) is 5.08. The molecular weight excluding hydrogens is 324 g/mol. The summed E-state index contributed by atoms with van der Waals surface area (Å²) in [7, 11) is 0.750. The van der Waals surface area contributed by atoms with Gasteiger partial charge in [-0.2, -0.15) is 4.39 Å². The van der Waals surface area contributed by atoms with Gasteiger partial charge in [0, 0.05) is 6.92 Å². The van der Waals surface area contributed by atoms with Crippen molar-refractivity contribution in [3.63, 3.8) is 0 Å². The average Bonchev–Trinajstić information content (AvgIpc) is 2.52. The van der Waals surface area contributed by atoms with Gasteiger partial charge in [-0.1, -0.05) is 0 Å². The number of halogens is 2. The van der Waals surface area contributed by atoms with E-state index in [1.807, 2.05) is 5.32 Å². The highest BCUT2D eigenvalue weighted by Crippen LogP contribution is 2.36. The molecule has 7 atom stereocenters. The maximum Gasteiger partial charge on any atom is 0.375 e. The molecule has 0 bridgehead atoms. The molecule has 23 heavy (non-hydrogen) atoms. The summed E-state index contributed by atoms with van der Waals surface area (Å²) in [4.78, 5) is 22.6. The fourth-order valence-corrected chi connectivity index (χ4v) is 2.24. The summed E-state index contributed by atoms with van der Waals surface area (Å²) in [5, 5.41) is 40.1. The third-order valence-electron chi connectivity index (χ3n) is 3.44. The van der Waals surface area contributed by atoms with Crippen LogP contribution in [0.3, 0.4) is 0 Å². The van der Waals surface area contributed by atoms with Crippen molar-refractivity contribution in [2.75, 3.05) is 13.7 Å². The van der Waals surface area contributed by atoms with Crippen LogP contribution in [0, 0.1) is 0 Å². The summed E-state index contributed by atoms with van der Waals surface area (Å²) in [5.74, 6) is -6.34. The molecule has 5 N–H and O–H groups in total. The van der Waals surface area contributed by atoms with Crippen LogP contribution in [-0.4, -0.2) is 88.5 Å². The lowest BCUT2D eigenvalue weighted by Gasteiger charge is -2.45. The fraction of sp³-hybridized carbons (Fsp3) is 0.833. The van der Waals surface area contributed by atoms with Gasteiger partial charge in [-0.25, -0.2) is 9.18 Å². The number of aliphatic hydroxyl groups is 4. The van der Waals surface area contributed by atoms with Crippen LogP contribution in [0.15, 0.2) is 0 Å². The molecule has 0 radical (unpaired) electrons. The van der Waals surface area contributed by atoms with Gasteiger partial charge in [0.25, 0.3) is 0 Å². The van der Waals surface area contributed by atoms with E-state index in [4.69, 9.17) is 5.11 Å². The Kier molecular flexibility index (Phi) is 6.36. The van der Waals surface area contributed by atoms with Crippen molar-refractivity contribution >= 4 is 11.9 Å². The van der Waals surface area contributed by atoms with Crippen LogP contribution in [0.5, 0.6) is 0 Å². The molecule has 11 heteroatoms. The van der Waals surface area contributed by atoms with E-state index in [0.717, 1.165) is 14.0 Å². The molecular formula is C12H19F2NO8. The topological polar surface area (TPSA) is 146 Å². The zero-order valence-electron chi connectivity index (χ0n) is 12.3. The molecule has 0 aliphatic carbocycles. The number of rotatable bonds is 5. The van der Waals surface area contributed by atoms with E-state index in [-0.39, 0.29) is 0 Å². The first-order chi connectivity index (χ1) is 10.6. The van der Waals surface area contributed by atoms with Gasteiger partial charge in [-0.3, -0.25) is 4.79 Å². The van der Waals surface area contributed by atoms with Gasteiger partial charge in [-0.15, -0.1) is 0 Å². The Morgan fingerprint density at radius 3 is 2.43 bits per heavy atom. The molecule has 0 aromatic carbocycles. The van der Waals surface area contributed by atoms with Crippen molar-refractivity contribution in [3.05, 3.63) is 0 Å². The van der Waals surface area contributed by atoms with Crippen molar-refractivity contribution in [1.82, 2.24) is 5.32 Å². The second kappa shape index (κ2) is 7.45. The van der Waals surface area contributed by atoms with Crippen LogP contribution in [0.1, 0.15) is 6.92 Å². The lowest BCUT2D eigenvalue weighted by atomic mass is 9.88. The van der Waals surface area contributed by atoms with Crippen LogP contribution in [-0.2, 0) is 19.1 Å². The largest absolute Gasteiger partial charge is 0.465 e. The van der Waals surface area contributed by atoms with Crippen LogP contribution in [0.25, 0.3) is 0 Å². The number of hydrogen-bond donors (Lipinski definition) is 5. The lowest BCUT2D eigenvalue weighted by molar-refractivity contribution is -0.294. The maximum absolute atomic E-state index is 14.5. The first-order valence-electron chi connectivity index (χ1n) is 6.61. The van der Waals surface area contributed by atoms with Gasteiger partial charge in [0.15, 0.2) is 6.17 Å². The highest BCUT2D eigenvalue weighted by Gasteiger charge is 2.63. The van der Waals surface area contributed by atoms with Gasteiger partial charge < -0.3 is 35.2 Å². The quantitative estimate of drug-likeness (QED) is 0.335. The zero-order valence-corrected chi connectivity index (χ0v) is 12.3. The highest BCUT2D eigenvalue weighted by atomic mass is 19.2. The van der Waals surface area contributed by atoms with Crippen LogP contribution in [0.2, 0.25) is 0 Å². The summed E-state index contributed by atoms with van der Waals surface area (Å²) < 4.78 is 37.3. The first kappa shape index (κ1) is 19.6. The number of carbonyl (C=O) groups excluding carboxylic acids is 2. The number of nitrogens with one attached hydrogen (secondary N) is 1. The summed E-state index contributed by atoms with van der Waals surface area (Å²) in [6.45, 7) is 0.0317. The molecule has 0 spiro atoms. The van der Waals surface area contributed by atoms with E-state index >= 15 is 0 Å². The summed E-state index contributed by atoms with van der Waals surface area (Å²) >= 11 is 0. The van der Waals surface area contributed by atoms with E-state index < -0.39 is 61.0 Å². The molecule has 0 aromatic rings. The van der Waals surface area contributed by atoms with E-state index in [2.05, 4.69) is 9.47 Å². The minimum Gasteiger partial charge on any atom is -0.465 e. The SMILES string of the molecule is COC(=O)[C@]1(F)OC([C@H](O)[C@H](O)CO)[C@H](NC(C)=O)[C@@H](O)[C@H]1F. The Balaban J connectivity index is 3.22. The number of esters is 1. The van der Waals surface area contributed by atoms with E-state index in [0.29, 0.717) is 0 Å². The van der Waals surface area contributed by atoms with Crippen molar-refractivity contribution in [2.45, 2.75) is 49.4 Å². The van der Waals surface area contributed by atoms with Crippen molar-refractivity contribution in [1.29, 1.82) is 0 Å².